The molecule has 1 aliphatic heterocycles. The third-order valence-electron chi connectivity index (χ3n) is 5.30. The summed E-state index contributed by atoms with van der Waals surface area (Å²) in [5, 5.41) is 12.3. The molecule has 1 N–H and O–H groups in total. The van der Waals surface area contributed by atoms with Crippen molar-refractivity contribution in [1.29, 1.82) is 0 Å². The molecule has 2 aromatic carbocycles. The van der Waals surface area contributed by atoms with Crippen LogP contribution in [0.2, 0.25) is 10.0 Å². The molecular weight excluding hydrogens is 447 g/mol. The van der Waals surface area contributed by atoms with Crippen LogP contribution < -0.4 is 15.0 Å². The first-order valence-electron chi connectivity index (χ1n) is 10.7. The van der Waals surface area contributed by atoms with Crippen molar-refractivity contribution >= 4 is 40.6 Å². The van der Waals surface area contributed by atoms with E-state index in [0.717, 1.165) is 30.2 Å². The lowest BCUT2D eigenvalue weighted by Gasteiger charge is -2.20. The molecule has 3 aromatic rings. The van der Waals surface area contributed by atoms with Gasteiger partial charge in [0, 0.05) is 24.3 Å². The number of nitrogens with one attached hydrogen (secondary N) is 1. The van der Waals surface area contributed by atoms with E-state index >= 15 is 0 Å². The highest BCUT2D eigenvalue weighted by Gasteiger charge is 2.13. The van der Waals surface area contributed by atoms with Crippen LogP contribution in [-0.2, 0) is 4.79 Å². The van der Waals surface area contributed by atoms with E-state index in [1.807, 2.05) is 36.4 Å². The third-order valence-corrected chi connectivity index (χ3v) is 6.10. The van der Waals surface area contributed by atoms with Crippen LogP contribution in [0.1, 0.15) is 25.7 Å². The van der Waals surface area contributed by atoms with Crippen LogP contribution in [0.3, 0.4) is 0 Å². The molecule has 1 saturated heterocycles. The van der Waals surface area contributed by atoms with Crippen molar-refractivity contribution in [3.63, 3.8) is 0 Å². The summed E-state index contributed by atoms with van der Waals surface area (Å²) < 4.78 is 5.49. The molecule has 32 heavy (non-hydrogen) atoms. The first-order chi connectivity index (χ1) is 15.6. The van der Waals surface area contributed by atoms with Gasteiger partial charge in [-0.2, -0.15) is 0 Å². The molecule has 1 fully saturated rings. The predicted molar refractivity (Wildman–Crippen MR) is 129 cm³/mol. The van der Waals surface area contributed by atoms with Crippen molar-refractivity contribution in [1.82, 2.24) is 10.2 Å². The van der Waals surface area contributed by atoms with Gasteiger partial charge >= 0.3 is 0 Å². The van der Waals surface area contributed by atoms with Gasteiger partial charge in [0.25, 0.3) is 5.91 Å². The summed E-state index contributed by atoms with van der Waals surface area (Å²) in [6.07, 6.45) is 4.94. The maximum atomic E-state index is 12.3. The van der Waals surface area contributed by atoms with E-state index in [0.29, 0.717) is 16.5 Å². The van der Waals surface area contributed by atoms with Gasteiger partial charge in [-0.25, -0.2) is 0 Å². The van der Waals surface area contributed by atoms with Gasteiger partial charge in [-0.15, -0.1) is 10.2 Å². The summed E-state index contributed by atoms with van der Waals surface area (Å²) in [6, 6.07) is 16.5. The summed E-state index contributed by atoms with van der Waals surface area (Å²) in [4.78, 5) is 14.6. The van der Waals surface area contributed by atoms with Gasteiger partial charge in [0.1, 0.15) is 10.8 Å². The van der Waals surface area contributed by atoms with Crippen LogP contribution in [0.15, 0.2) is 54.6 Å². The molecule has 6 nitrogen and oxygen atoms in total. The van der Waals surface area contributed by atoms with Gasteiger partial charge in [0.15, 0.2) is 12.4 Å². The predicted octanol–water partition coefficient (Wildman–Crippen LogP) is 5.85. The Morgan fingerprint density at radius 3 is 2.50 bits per heavy atom. The standard InChI is InChI=1S/C24H24Cl2N4O2/c25-19-9-6-10-21(24(19)26)32-16-23(31)27-18-8-5-7-17(15-18)20-11-12-22(29-28-20)30-13-3-1-2-4-14-30/h5-12,15H,1-4,13-14,16H2,(H,27,31). The van der Waals surface area contributed by atoms with Crippen molar-refractivity contribution in [3.8, 4) is 17.0 Å². The molecule has 1 amide bonds. The molecule has 0 bridgehead atoms. The summed E-state index contributed by atoms with van der Waals surface area (Å²) in [5.74, 6) is 0.973. The summed E-state index contributed by atoms with van der Waals surface area (Å²) in [7, 11) is 0. The number of benzene rings is 2. The Hall–Kier alpha value is -2.83. The van der Waals surface area contributed by atoms with Crippen molar-refractivity contribution < 1.29 is 9.53 Å². The van der Waals surface area contributed by atoms with Crippen LogP contribution in [0.25, 0.3) is 11.3 Å². The second-order valence-corrected chi connectivity index (χ2v) is 8.43. The second-order valence-electron chi connectivity index (χ2n) is 7.65. The molecule has 0 aliphatic carbocycles. The number of nitrogens with zero attached hydrogens (tertiary/aromatic N) is 3. The lowest BCUT2D eigenvalue weighted by molar-refractivity contribution is -0.118. The van der Waals surface area contributed by atoms with Gasteiger partial charge in [-0.1, -0.05) is 54.2 Å². The Morgan fingerprint density at radius 1 is 0.969 bits per heavy atom. The van der Waals surface area contributed by atoms with E-state index < -0.39 is 0 Å². The molecule has 0 saturated carbocycles. The second kappa shape index (κ2) is 10.7. The van der Waals surface area contributed by atoms with Crippen molar-refractivity contribution in [2.45, 2.75) is 25.7 Å². The van der Waals surface area contributed by atoms with E-state index in [9.17, 15) is 4.79 Å². The minimum atomic E-state index is -0.305. The monoisotopic (exact) mass is 470 g/mol. The maximum Gasteiger partial charge on any atom is 0.262 e. The van der Waals surface area contributed by atoms with Crippen LogP contribution in [0.4, 0.5) is 11.5 Å². The quantitative estimate of drug-likeness (QED) is 0.489. The Kier molecular flexibility index (Phi) is 7.45. The summed E-state index contributed by atoms with van der Waals surface area (Å²) in [6.45, 7) is 1.87. The number of carbonyl (C=O) groups is 1. The minimum Gasteiger partial charge on any atom is -0.482 e. The van der Waals surface area contributed by atoms with E-state index in [4.69, 9.17) is 27.9 Å². The first kappa shape index (κ1) is 22.4. The number of hydrogen-bond donors (Lipinski definition) is 1. The average molecular weight is 471 g/mol. The third kappa shape index (κ3) is 5.69. The van der Waals surface area contributed by atoms with Gasteiger partial charge in [0.2, 0.25) is 0 Å². The van der Waals surface area contributed by atoms with Gasteiger partial charge in [-0.3, -0.25) is 4.79 Å². The molecule has 2 heterocycles. The molecule has 0 radical (unpaired) electrons. The molecule has 1 aromatic heterocycles. The van der Waals surface area contributed by atoms with E-state index in [-0.39, 0.29) is 17.5 Å². The zero-order valence-electron chi connectivity index (χ0n) is 17.6. The Labute approximate surface area is 197 Å². The smallest absolute Gasteiger partial charge is 0.262 e. The number of amides is 1. The molecular formula is C24H24Cl2N4O2. The molecule has 8 heteroatoms. The number of hydrogen-bond acceptors (Lipinski definition) is 5. The normalized spacial score (nSPS) is 14.0. The van der Waals surface area contributed by atoms with Crippen molar-refractivity contribution in [2.75, 3.05) is 29.9 Å². The Bertz CT molecular complexity index is 1070. The van der Waals surface area contributed by atoms with Gasteiger partial charge in [0.05, 0.1) is 10.7 Å². The molecule has 1 aliphatic rings. The lowest BCUT2D eigenvalue weighted by Crippen LogP contribution is -2.25. The van der Waals surface area contributed by atoms with E-state index in [1.165, 1.54) is 25.7 Å². The van der Waals surface area contributed by atoms with Crippen LogP contribution in [0.5, 0.6) is 5.75 Å². The highest BCUT2D eigenvalue weighted by atomic mass is 35.5. The summed E-state index contributed by atoms with van der Waals surface area (Å²) in [5.41, 5.74) is 2.27. The molecule has 0 atom stereocenters. The lowest BCUT2D eigenvalue weighted by atomic mass is 10.1. The average Bonchev–Trinajstić information content (AvgIpc) is 3.10. The first-order valence-corrected chi connectivity index (χ1v) is 11.4. The minimum absolute atomic E-state index is 0.186. The highest BCUT2D eigenvalue weighted by Crippen LogP contribution is 2.31. The number of anilines is 2. The molecule has 4 rings (SSSR count). The fourth-order valence-electron chi connectivity index (χ4n) is 3.64. The van der Waals surface area contributed by atoms with Crippen LogP contribution in [-0.4, -0.2) is 35.8 Å². The van der Waals surface area contributed by atoms with E-state index in [2.05, 4.69) is 20.4 Å². The highest BCUT2D eigenvalue weighted by molar-refractivity contribution is 6.42. The van der Waals surface area contributed by atoms with Crippen molar-refractivity contribution in [3.05, 3.63) is 64.6 Å². The summed E-state index contributed by atoms with van der Waals surface area (Å²) >= 11 is 12.1. The van der Waals surface area contributed by atoms with Crippen LogP contribution in [0, 0.1) is 0 Å². The number of halogens is 2. The fraction of sp³-hybridized carbons (Fsp3) is 0.292. The number of carbonyl (C=O) groups excluding carboxylic acids is 1. The molecule has 166 valence electrons. The zero-order chi connectivity index (χ0) is 22.3. The molecule has 0 unspecified atom stereocenters. The molecule has 0 spiro atoms. The Morgan fingerprint density at radius 2 is 1.75 bits per heavy atom. The van der Waals surface area contributed by atoms with Gasteiger partial charge < -0.3 is 15.0 Å². The Balaban J connectivity index is 1.38. The number of ether oxygens (including phenoxy) is 1. The largest absolute Gasteiger partial charge is 0.482 e. The SMILES string of the molecule is O=C(COc1cccc(Cl)c1Cl)Nc1cccc(-c2ccc(N3CCCCCC3)nn2)c1. The maximum absolute atomic E-state index is 12.3. The van der Waals surface area contributed by atoms with Gasteiger partial charge in [-0.05, 0) is 49.2 Å². The fourth-order valence-corrected chi connectivity index (χ4v) is 3.99. The van der Waals surface area contributed by atoms with Crippen LogP contribution >= 0.6 is 23.2 Å². The zero-order valence-corrected chi connectivity index (χ0v) is 19.1. The van der Waals surface area contributed by atoms with E-state index in [1.54, 1.807) is 18.2 Å². The van der Waals surface area contributed by atoms with Crippen molar-refractivity contribution in [2.24, 2.45) is 0 Å². The topological polar surface area (TPSA) is 67.3 Å². The number of rotatable bonds is 6. The number of aromatic nitrogens is 2.